The first-order valence-corrected chi connectivity index (χ1v) is 11.2. The van der Waals surface area contributed by atoms with Gasteiger partial charge in [-0.3, -0.25) is 4.79 Å². The van der Waals surface area contributed by atoms with E-state index < -0.39 is 0 Å². The number of hydrogen-bond donors (Lipinski definition) is 1. The molecule has 0 aliphatic heterocycles. The van der Waals surface area contributed by atoms with Crippen LogP contribution in [0.4, 0.5) is 0 Å². The second-order valence-corrected chi connectivity index (χ2v) is 9.04. The van der Waals surface area contributed by atoms with Gasteiger partial charge in [-0.05, 0) is 63.9 Å². The van der Waals surface area contributed by atoms with Gasteiger partial charge < -0.3 is 5.11 Å². The van der Waals surface area contributed by atoms with Crippen LogP contribution in [0.3, 0.4) is 0 Å². The highest BCUT2D eigenvalue weighted by molar-refractivity contribution is 9.10. The Bertz CT molecular complexity index is 1240. The van der Waals surface area contributed by atoms with E-state index in [1.54, 1.807) is 0 Å². The van der Waals surface area contributed by atoms with Crippen molar-refractivity contribution in [1.29, 1.82) is 0 Å². The summed E-state index contributed by atoms with van der Waals surface area (Å²) in [5, 5.41) is 15.2. The van der Waals surface area contributed by atoms with Crippen LogP contribution in [0.1, 0.15) is 36.5 Å². The quantitative estimate of drug-likeness (QED) is 0.274. The number of fused-ring (bicyclic) bond motifs is 2. The SMILES string of the molecule is CCCCC(=O)c1cc2cc(Br)ccc2c(-c2cccc3cc(Br)ccc23)c1O. The van der Waals surface area contributed by atoms with E-state index in [0.717, 1.165) is 48.9 Å². The van der Waals surface area contributed by atoms with Gasteiger partial charge >= 0.3 is 0 Å². The molecule has 0 aliphatic carbocycles. The Morgan fingerprint density at radius 3 is 2.31 bits per heavy atom. The number of rotatable bonds is 5. The third-order valence-corrected chi connectivity index (χ3v) is 6.23. The van der Waals surface area contributed by atoms with E-state index in [0.29, 0.717) is 17.5 Å². The van der Waals surface area contributed by atoms with Crippen LogP contribution in [-0.2, 0) is 0 Å². The van der Waals surface area contributed by atoms with E-state index in [1.165, 1.54) is 0 Å². The van der Waals surface area contributed by atoms with Crippen molar-refractivity contribution in [3.8, 4) is 16.9 Å². The Balaban J connectivity index is 2.06. The van der Waals surface area contributed by atoms with Crippen LogP contribution in [0.25, 0.3) is 32.7 Å². The lowest BCUT2D eigenvalue weighted by atomic mass is 9.89. The Kier molecular flexibility index (Phi) is 5.75. The van der Waals surface area contributed by atoms with Crippen molar-refractivity contribution in [1.82, 2.24) is 0 Å². The van der Waals surface area contributed by atoms with Gasteiger partial charge in [0.1, 0.15) is 5.75 Å². The fraction of sp³-hybridized carbons (Fsp3) is 0.160. The second-order valence-electron chi connectivity index (χ2n) is 7.21. The topological polar surface area (TPSA) is 37.3 Å². The minimum Gasteiger partial charge on any atom is -0.507 e. The van der Waals surface area contributed by atoms with Crippen molar-refractivity contribution in [2.45, 2.75) is 26.2 Å². The highest BCUT2D eigenvalue weighted by Crippen LogP contribution is 2.43. The molecule has 0 fully saturated rings. The first-order valence-electron chi connectivity index (χ1n) is 9.66. The van der Waals surface area contributed by atoms with E-state index in [-0.39, 0.29) is 11.5 Å². The van der Waals surface area contributed by atoms with Crippen molar-refractivity contribution in [3.05, 3.63) is 75.2 Å². The van der Waals surface area contributed by atoms with Crippen molar-refractivity contribution < 1.29 is 9.90 Å². The van der Waals surface area contributed by atoms with Crippen molar-refractivity contribution in [2.75, 3.05) is 0 Å². The Morgan fingerprint density at radius 2 is 1.59 bits per heavy atom. The number of carbonyl (C=O) groups is 1. The number of phenols is 1. The highest BCUT2D eigenvalue weighted by Gasteiger charge is 2.20. The molecule has 0 atom stereocenters. The summed E-state index contributed by atoms with van der Waals surface area (Å²) < 4.78 is 1.94. The van der Waals surface area contributed by atoms with Gasteiger partial charge in [0.05, 0.1) is 5.56 Å². The van der Waals surface area contributed by atoms with Crippen LogP contribution in [0.2, 0.25) is 0 Å². The molecular formula is C25H20Br2O2. The third kappa shape index (κ3) is 3.84. The zero-order valence-corrected chi connectivity index (χ0v) is 19.2. The number of aromatic hydroxyl groups is 1. The molecule has 29 heavy (non-hydrogen) atoms. The fourth-order valence-corrected chi connectivity index (χ4v) is 4.55. The number of Topliss-reactive ketones (excluding diaryl/α,β-unsaturated/α-hetero) is 1. The standard InChI is InChI=1S/C25H20Br2O2/c1-2-3-7-23(28)22-14-16-13-18(27)9-11-20(16)24(25(22)29)21-6-4-5-15-12-17(26)8-10-19(15)21/h4-6,8-14,29H,2-3,7H2,1H3. The van der Waals surface area contributed by atoms with E-state index in [2.05, 4.69) is 50.9 Å². The molecule has 0 aromatic heterocycles. The Hall–Kier alpha value is -2.17. The lowest BCUT2D eigenvalue weighted by molar-refractivity contribution is 0.0977. The molecule has 4 rings (SSSR count). The molecule has 4 aromatic carbocycles. The van der Waals surface area contributed by atoms with Crippen molar-refractivity contribution >= 4 is 59.2 Å². The van der Waals surface area contributed by atoms with E-state index in [1.807, 2.05) is 48.5 Å². The second kappa shape index (κ2) is 8.29. The molecule has 0 spiro atoms. The van der Waals surface area contributed by atoms with Gasteiger partial charge in [0, 0.05) is 20.9 Å². The number of phenolic OH excluding ortho intramolecular Hbond substituents is 1. The molecule has 0 bridgehead atoms. The molecule has 0 heterocycles. The average Bonchev–Trinajstić information content (AvgIpc) is 2.71. The number of halogens is 2. The molecule has 1 N–H and O–H groups in total. The molecule has 0 amide bonds. The molecule has 0 aliphatic rings. The largest absolute Gasteiger partial charge is 0.507 e. The number of unbranched alkanes of at least 4 members (excludes halogenated alkanes) is 1. The first-order chi connectivity index (χ1) is 14.0. The van der Waals surface area contributed by atoms with Crippen LogP contribution in [0, 0.1) is 0 Å². The van der Waals surface area contributed by atoms with Crippen LogP contribution in [0.15, 0.2) is 69.6 Å². The van der Waals surface area contributed by atoms with Crippen molar-refractivity contribution in [3.63, 3.8) is 0 Å². The molecule has 0 radical (unpaired) electrons. The number of hydrogen-bond acceptors (Lipinski definition) is 2. The Morgan fingerprint density at radius 1 is 0.897 bits per heavy atom. The zero-order valence-electron chi connectivity index (χ0n) is 16.0. The van der Waals surface area contributed by atoms with Crippen LogP contribution >= 0.6 is 31.9 Å². The normalized spacial score (nSPS) is 11.3. The van der Waals surface area contributed by atoms with Crippen LogP contribution < -0.4 is 0 Å². The molecule has 0 saturated heterocycles. The van der Waals surface area contributed by atoms with Gasteiger partial charge in [-0.2, -0.15) is 0 Å². The maximum absolute atomic E-state index is 12.9. The van der Waals surface area contributed by atoms with Gasteiger partial charge in [-0.15, -0.1) is 0 Å². The van der Waals surface area contributed by atoms with Gasteiger partial charge in [0.15, 0.2) is 5.78 Å². The maximum Gasteiger partial charge on any atom is 0.166 e. The summed E-state index contributed by atoms with van der Waals surface area (Å²) in [5.74, 6) is 0.0480. The summed E-state index contributed by atoms with van der Waals surface area (Å²) in [6, 6.07) is 19.9. The summed E-state index contributed by atoms with van der Waals surface area (Å²) >= 11 is 7.06. The molecule has 146 valence electrons. The monoisotopic (exact) mass is 510 g/mol. The van der Waals surface area contributed by atoms with Gasteiger partial charge in [-0.25, -0.2) is 0 Å². The summed E-state index contributed by atoms with van der Waals surface area (Å²) in [5.41, 5.74) is 2.03. The first kappa shape index (κ1) is 20.1. The number of benzene rings is 4. The molecular weight excluding hydrogens is 492 g/mol. The highest BCUT2D eigenvalue weighted by atomic mass is 79.9. The Labute approximate surface area is 186 Å². The predicted molar refractivity (Wildman–Crippen MR) is 128 cm³/mol. The lowest BCUT2D eigenvalue weighted by Gasteiger charge is -2.16. The number of carbonyl (C=O) groups excluding carboxylic acids is 1. The zero-order chi connectivity index (χ0) is 20.5. The smallest absolute Gasteiger partial charge is 0.166 e. The molecule has 4 heteroatoms. The fourth-order valence-electron chi connectivity index (χ4n) is 3.80. The summed E-state index contributed by atoms with van der Waals surface area (Å²) in [6.45, 7) is 2.06. The lowest BCUT2D eigenvalue weighted by Crippen LogP contribution is -2.01. The van der Waals surface area contributed by atoms with Crippen molar-refractivity contribution in [2.24, 2.45) is 0 Å². The van der Waals surface area contributed by atoms with E-state index in [4.69, 9.17) is 0 Å². The van der Waals surface area contributed by atoms with E-state index in [9.17, 15) is 9.90 Å². The maximum atomic E-state index is 12.9. The minimum atomic E-state index is -0.0181. The molecule has 4 aromatic rings. The summed E-state index contributed by atoms with van der Waals surface area (Å²) in [6.07, 6.45) is 2.19. The minimum absolute atomic E-state index is 0.0181. The number of ketones is 1. The predicted octanol–water partition coefficient (Wildman–Crippen LogP) is 8.26. The summed E-state index contributed by atoms with van der Waals surface area (Å²) in [4.78, 5) is 12.9. The van der Waals surface area contributed by atoms with Gasteiger partial charge in [0.25, 0.3) is 0 Å². The molecule has 0 saturated carbocycles. The third-order valence-electron chi connectivity index (χ3n) is 5.24. The average molecular weight is 512 g/mol. The van der Waals surface area contributed by atoms with Gasteiger partial charge in [-0.1, -0.05) is 75.5 Å². The van der Waals surface area contributed by atoms with Crippen LogP contribution in [-0.4, -0.2) is 10.9 Å². The molecule has 2 nitrogen and oxygen atoms in total. The molecule has 0 unspecified atom stereocenters. The van der Waals surface area contributed by atoms with Crippen LogP contribution in [0.5, 0.6) is 5.75 Å². The van der Waals surface area contributed by atoms with Gasteiger partial charge in [0.2, 0.25) is 0 Å². The van der Waals surface area contributed by atoms with E-state index >= 15 is 0 Å². The summed E-state index contributed by atoms with van der Waals surface area (Å²) in [7, 11) is 0.